The third-order valence-electron chi connectivity index (χ3n) is 4.78. The SMILES string of the molecule is Cc1cc(Br)ccc1NC(=O)CNC(=O)NCC(c1cccs1)N1CCCC1. The second-order valence-electron chi connectivity index (χ2n) is 6.85. The van der Waals surface area contributed by atoms with Crippen LogP contribution in [0.1, 0.15) is 29.3 Å². The van der Waals surface area contributed by atoms with Crippen LogP contribution in [0.5, 0.6) is 0 Å². The van der Waals surface area contributed by atoms with Gasteiger partial charge in [0.2, 0.25) is 5.91 Å². The van der Waals surface area contributed by atoms with Crippen LogP contribution in [0, 0.1) is 6.92 Å². The van der Waals surface area contributed by atoms with Crippen LogP contribution in [-0.2, 0) is 4.79 Å². The number of rotatable bonds is 7. The fourth-order valence-electron chi connectivity index (χ4n) is 3.32. The molecule has 1 atom stereocenters. The maximum Gasteiger partial charge on any atom is 0.315 e. The molecule has 3 rings (SSSR count). The van der Waals surface area contributed by atoms with Crippen LogP contribution < -0.4 is 16.0 Å². The molecule has 1 aliphatic rings. The summed E-state index contributed by atoms with van der Waals surface area (Å²) in [5.74, 6) is -0.255. The fourth-order valence-corrected chi connectivity index (χ4v) is 4.65. The number of nitrogens with one attached hydrogen (secondary N) is 3. The predicted molar refractivity (Wildman–Crippen MR) is 117 cm³/mol. The first-order valence-corrected chi connectivity index (χ1v) is 11.1. The number of thiophene rings is 1. The van der Waals surface area contributed by atoms with Crippen molar-refractivity contribution in [2.24, 2.45) is 0 Å². The van der Waals surface area contributed by atoms with E-state index in [0.29, 0.717) is 6.54 Å². The van der Waals surface area contributed by atoms with Gasteiger partial charge in [-0.3, -0.25) is 9.69 Å². The van der Waals surface area contributed by atoms with E-state index in [1.165, 1.54) is 17.7 Å². The Labute approximate surface area is 177 Å². The molecule has 2 aromatic rings. The number of amides is 3. The lowest BCUT2D eigenvalue weighted by atomic mass is 10.2. The molecule has 0 aliphatic carbocycles. The Kier molecular flexibility index (Phi) is 7.47. The quantitative estimate of drug-likeness (QED) is 0.581. The lowest BCUT2D eigenvalue weighted by Gasteiger charge is -2.26. The summed E-state index contributed by atoms with van der Waals surface area (Å²) in [6.07, 6.45) is 2.40. The molecule has 1 saturated heterocycles. The van der Waals surface area contributed by atoms with Gasteiger partial charge in [0.15, 0.2) is 0 Å². The summed E-state index contributed by atoms with van der Waals surface area (Å²) >= 11 is 5.11. The second-order valence-corrected chi connectivity index (χ2v) is 8.74. The largest absolute Gasteiger partial charge is 0.336 e. The van der Waals surface area contributed by atoms with Crippen molar-refractivity contribution in [2.45, 2.75) is 25.8 Å². The smallest absolute Gasteiger partial charge is 0.315 e. The van der Waals surface area contributed by atoms with Crippen molar-refractivity contribution in [3.8, 4) is 0 Å². The zero-order valence-electron chi connectivity index (χ0n) is 15.8. The Balaban J connectivity index is 1.46. The van der Waals surface area contributed by atoms with Crippen molar-refractivity contribution in [2.75, 3.05) is 31.5 Å². The summed E-state index contributed by atoms with van der Waals surface area (Å²) in [6.45, 7) is 4.49. The third-order valence-corrected chi connectivity index (χ3v) is 6.25. The summed E-state index contributed by atoms with van der Waals surface area (Å²) in [4.78, 5) is 28.0. The Hall–Kier alpha value is -1.90. The predicted octanol–water partition coefficient (Wildman–Crippen LogP) is 3.89. The van der Waals surface area contributed by atoms with Crippen molar-refractivity contribution < 1.29 is 9.59 Å². The molecule has 1 unspecified atom stereocenters. The molecule has 0 bridgehead atoms. The number of likely N-dealkylation sites (tertiary alicyclic amines) is 1. The van der Waals surface area contributed by atoms with Crippen LogP contribution in [0.25, 0.3) is 0 Å². The first-order chi connectivity index (χ1) is 13.5. The number of halogens is 1. The van der Waals surface area contributed by atoms with Gasteiger partial charge in [0, 0.05) is 21.6 Å². The molecule has 1 aromatic heterocycles. The summed E-state index contributed by atoms with van der Waals surface area (Å²) in [5, 5.41) is 10.4. The summed E-state index contributed by atoms with van der Waals surface area (Å²) in [5.41, 5.74) is 1.69. The van der Waals surface area contributed by atoms with Crippen LogP contribution in [-0.4, -0.2) is 43.0 Å². The van der Waals surface area contributed by atoms with Crippen LogP contribution >= 0.6 is 27.3 Å². The van der Waals surface area contributed by atoms with Crippen molar-refractivity contribution >= 4 is 44.9 Å². The zero-order chi connectivity index (χ0) is 19.9. The number of hydrogen-bond acceptors (Lipinski definition) is 4. The van der Waals surface area contributed by atoms with E-state index in [1.807, 2.05) is 31.2 Å². The Morgan fingerprint density at radius 3 is 2.68 bits per heavy atom. The molecule has 3 amide bonds. The molecule has 8 heteroatoms. The van der Waals surface area contributed by atoms with Crippen molar-refractivity contribution in [3.05, 3.63) is 50.6 Å². The molecule has 3 N–H and O–H groups in total. The molecule has 6 nitrogen and oxygen atoms in total. The highest BCUT2D eigenvalue weighted by molar-refractivity contribution is 9.10. The van der Waals surface area contributed by atoms with Gasteiger partial charge in [-0.15, -0.1) is 11.3 Å². The van der Waals surface area contributed by atoms with E-state index in [1.54, 1.807) is 11.3 Å². The lowest BCUT2D eigenvalue weighted by molar-refractivity contribution is -0.115. The third kappa shape index (κ3) is 5.80. The molecule has 150 valence electrons. The number of hydrogen-bond donors (Lipinski definition) is 3. The van der Waals surface area contributed by atoms with Crippen LogP contribution in [0.4, 0.5) is 10.5 Å². The molecule has 28 heavy (non-hydrogen) atoms. The number of anilines is 1. The van der Waals surface area contributed by atoms with Gasteiger partial charge in [-0.2, -0.15) is 0 Å². The summed E-state index contributed by atoms with van der Waals surface area (Å²) < 4.78 is 0.957. The molecule has 1 aliphatic heterocycles. The Bertz CT molecular complexity index is 807. The van der Waals surface area contributed by atoms with E-state index in [-0.39, 0.29) is 24.5 Å². The second kappa shape index (κ2) is 10.0. The minimum atomic E-state index is -0.330. The van der Waals surface area contributed by atoms with E-state index >= 15 is 0 Å². The number of nitrogens with zero attached hydrogens (tertiary/aromatic N) is 1. The number of aryl methyl sites for hydroxylation is 1. The van der Waals surface area contributed by atoms with Gasteiger partial charge < -0.3 is 16.0 Å². The van der Waals surface area contributed by atoms with Crippen molar-refractivity contribution in [1.82, 2.24) is 15.5 Å². The maximum absolute atomic E-state index is 12.2. The van der Waals surface area contributed by atoms with Gasteiger partial charge in [0.05, 0.1) is 12.6 Å². The summed E-state index contributed by atoms with van der Waals surface area (Å²) in [7, 11) is 0. The number of carbonyl (C=O) groups excluding carboxylic acids is 2. The number of benzene rings is 1. The monoisotopic (exact) mass is 464 g/mol. The zero-order valence-corrected chi connectivity index (χ0v) is 18.2. The average Bonchev–Trinajstić information content (AvgIpc) is 3.37. The van der Waals surface area contributed by atoms with Crippen LogP contribution in [0.3, 0.4) is 0 Å². The maximum atomic E-state index is 12.2. The number of carbonyl (C=O) groups is 2. The molecule has 0 radical (unpaired) electrons. The molecule has 1 fully saturated rings. The van der Waals surface area contributed by atoms with E-state index in [2.05, 4.69) is 48.2 Å². The van der Waals surface area contributed by atoms with Gasteiger partial charge >= 0.3 is 6.03 Å². The van der Waals surface area contributed by atoms with Gasteiger partial charge in [-0.1, -0.05) is 22.0 Å². The minimum absolute atomic E-state index is 0.0747. The average molecular weight is 465 g/mol. The van der Waals surface area contributed by atoms with Crippen molar-refractivity contribution in [1.29, 1.82) is 0 Å². The fraction of sp³-hybridized carbons (Fsp3) is 0.400. The highest BCUT2D eigenvalue weighted by Gasteiger charge is 2.24. The van der Waals surface area contributed by atoms with Gasteiger partial charge in [-0.25, -0.2) is 4.79 Å². The molecule has 0 spiro atoms. The van der Waals surface area contributed by atoms with Gasteiger partial charge in [-0.05, 0) is 68.1 Å². The van der Waals surface area contributed by atoms with Crippen LogP contribution in [0.2, 0.25) is 0 Å². The van der Waals surface area contributed by atoms with E-state index in [4.69, 9.17) is 0 Å². The summed E-state index contributed by atoms with van der Waals surface area (Å²) in [6, 6.07) is 9.64. The first kappa shape index (κ1) is 20.8. The molecule has 0 saturated carbocycles. The highest BCUT2D eigenvalue weighted by Crippen LogP contribution is 2.27. The van der Waals surface area contributed by atoms with E-state index < -0.39 is 0 Å². The van der Waals surface area contributed by atoms with E-state index in [9.17, 15) is 9.59 Å². The van der Waals surface area contributed by atoms with Gasteiger partial charge in [0.25, 0.3) is 0 Å². The number of urea groups is 1. The normalized spacial score (nSPS) is 15.2. The van der Waals surface area contributed by atoms with E-state index in [0.717, 1.165) is 28.8 Å². The molecular formula is C20H25BrN4O2S. The van der Waals surface area contributed by atoms with Crippen LogP contribution in [0.15, 0.2) is 40.2 Å². The van der Waals surface area contributed by atoms with Crippen molar-refractivity contribution in [3.63, 3.8) is 0 Å². The van der Waals surface area contributed by atoms with Gasteiger partial charge in [0.1, 0.15) is 0 Å². The Morgan fingerprint density at radius 2 is 2.00 bits per heavy atom. The molecule has 2 heterocycles. The Morgan fingerprint density at radius 1 is 1.21 bits per heavy atom. The lowest BCUT2D eigenvalue weighted by Crippen LogP contribution is -2.43. The topological polar surface area (TPSA) is 73.5 Å². The standard InChI is InChI=1S/C20H25BrN4O2S/c1-14-11-15(21)6-7-16(14)24-19(26)13-23-20(27)22-12-17(18-5-4-10-28-18)25-8-2-3-9-25/h4-7,10-11,17H,2-3,8-9,12-13H2,1H3,(H,24,26)(H2,22,23,27). The highest BCUT2D eigenvalue weighted by atomic mass is 79.9. The molecule has 1 aromatic carbocycles. The molecular weight excluding hydrogens is 440 g/mol. The first-order valence-electron chi connectivity index (χ1n) is 9.38. The minimum Gasteiger partial charge on any atom is -0.336 e.